The van der Waals surface area contributed by atoms with Gasteiger partial charge in [-0.2, -0.15) is 0 Å². The zero-order valence-corrected chi connectivity index (χ0v) is 16.4. The average Bonchev–Trinajstić information content (AvgIpc) is 2.88. The molecule has 26 heavy (non-hydrogen) atoms. The number of ether oxygens (including phenoxy) is 1. The predicted octanol–water partition coefficient (Wildman–Crippen LogP) is 5.96. The molecule has 0 atom stereocenters. The first kappa shape index (κ1) is 18.5. The Balaban J connectivity index is 2.14. The highest BCUT2D eigenvalue weighted by Crippen LogP contribution is 2.34. The van der Waals surface area contributed by atoms with E-state index in [2.05, 4.69) is 5.32 Å². The third-order valence-electron chi connectivity index (χ3n) is 3.66. The molecule has 2 aromatic heterocycles. The Morgan fingerprint density at radius 3 is 2.58 bits per heavy atom. The van der Waals surface area contributed by atoms with Crippen molar-refractivity contribution < 1.29 is 9.53 Å². The van der Waals surface area contributed by atoms with Gasteiger partial charge in [0.25, 0.3) is 0 Å². The van der Waals surface area contributed by atoms with Crippen LogP contribution in [-0.4, -0.2) is 21.1 Å². The summed E-state index contributed by atoms with van der Waals surface area (Å²) in [6.45, 7) is 7.39. The Hall–Kier alpha value is -2.24. The molecule has 0 aliphatic carbocycles. The Kier molecular flexibility index (Phi) is 4.86. The highest BCUT2D eigenvalue weighted by molar-refractivity contribution is 6.42. The minimum Gasteiger partial charge on any atom is -0.444 e. The lowest BCUT2D eigenvalue weighted by molar-refractivity contribution is 0.0635. The molecule has 0 unspecified atom stereocenters. The first-order valence-electron chi connectivity index (χ1n) is 8.09. The second-order valence-electron chi connectivity index (χ2n) is 6.95. The third kappa shape index (κ3) is 3.79. The molecule has 0 fully saturated rings. The van der Waals surface area contributed by atoms with Gasteiger partial charge in [-0.15, -0.1) is 0 Å². The minimum absolute atomic E-state index is 0.418. The normalized spacial score (nSPS) is 11.6. The summed E-state index contributed by atoms with van der Waals surface area (Å²) in [5.74, 6) is 0.510. The molecule has 0 saturated carbocycles. The maximum Gasteiger partial charge on any atom is 0.413 e. The first-order chi connectivity index (χ1) is 12.2. The molecule has 7 heteroatoms. The summed E-state index contributed by atoms with van der Waals surface area (Å²) in [5, 5.41) is 3.69. The molecule has 3 aromatic rings. The van der Waals surface area contributed by atoms with Crippen molar-refractivity contribution in [1.29, 1.82) is 0 Å². The number of pyridine rings is 1. The van der Waals surface area contributed by atoms with Gasteiger partial charge in [0.05, 0.1) is 10.0 Å². The Morgan fingerprint density at radius 2 is 1.92 bits per heavy atom. The van der Waals surface area contributed by atoms with Gasteiger partial charge >= 0.3 is 6.09 Å². The number of hydrogen-bond acceptors (Lipinski definition) is 3. The number of halogens is 2. The second-order valence-corrected chi connectivity index (χ2v) is 7.76. The van der Waals surface area contributed by atoms with E-state index in [1.54, 1.807) is 12.1 Å². The van der Waals surface area contributed by atoms with Gasteiger partial charge in [-0.3, -0.25) is 9.72 Å². The van der Waals surface area contributed by atoms with E-state index >= 15 is 0 Å². The number of aromatic nitrogens is 2. The number of nitrogens with zero attached hydrogens (tertiary/aromatic N) is 2. The smallest absolute Gasteiger partial charge is 0.413 e. The van der Waals surface area contributed by atoms with Crippen molar-refractivity contribution in [3.05, 3.63) is 52.1 Å². The number of amides is 1. The predicted molar refractivity (Wildman–Crippen MR) is 105 cm³/mol. The zero-order valence-electron chi connectivity index (χ0n) is 14.9. The highest BCUT2D eigenvalue weighted by atomic mass is 35.5. The van der Waals surface area contributed by atoms with Crippen LogP contribution in [0.25, 0.3) is 16.9 Å². The molecule has 1 aromatic carbocycles. The number of anilines is 1. The number of carbonyl (C=O) groups excluding carboxylic acids is 1. The molecule has 3 rings (SSSR count). The number of benzene rings is 1. The van der Waals surface area contributed by atoms with Crippen LogP contribution < -0.4 is 5.32 Å². The van der Waals surface area contributed by atoms with E-state index in [0.717, 1.165) is 16.8 Å². The first-order valence-corrected chi connectivity index (χ1v) is 8.84. The van der Waals surface area contributed by atoms with Crippen LogP contribution in [0.3, 0.4) is 0 Å². The summed E-state index contributed by atoms with van der Waals surface area (Å²) in [6, 6.07) is 9.08. The summed E-state index contributed by atoms with van der Waals surface area (Å²) in [4.78, 5) is 17.0. The number of carbonyl (C=O) groups is 1. The van der Waals surface area contributed by atoms with E-state index in [1.165, 1.54) is 0 Å². The van der Waals surface area contributed by atoms with Crippen molar-refractivity contribution in [3.8, 4) is 11.3 Å². The third-order valence-corrected chi connectivity index (χ3v) is 4.40. The SMILES string of the molecule is Cc1cccn2c(NC(=O)OC(C)(C)C)c(-c3ccc(Cl)c(Cl)c3)nc12. The van der Waals surface area contributed by atoms with Gasteiger partial charge in [0, 0.05) is 11.8 Å². The van der Waals surface area contributed by atoms with E-state index in [9.17, 15) is 4.79 Å². The van der Waals surface area contributed by atoms with Gasteiger partial charge in [-0.05, 0) is 51.5 Å². The van der Waals surface area contributed by atoms with Crippen molar-refractivity contribution in [2.45, 2.75) is 33.3 Å². The number of aryl methyl sites for hydroxylation is 1. The largest absolute Gasteiger partial charge is 0.444 e. The van der Waals surface area contributed by atoms with Gasteiger partial charge < -0.3 is 4.74 Å². The Bertz CT molecular complexity index is 990. The lowest BCUT2D eigenvalue weighted by atomic mass is 10.1. The summed E-state index contributed by atoms with van der Waals surface area (Å²) >= 11 is 12.2. The minimum atomic E-state index is -0.607. The molecule has 1 N–H and O–H groups in total. The van der Waals surface area contributed by atoms with Crippen LogP contribution in [0.2, 0.25) is 10.0 Å². The second kappa shape index (κ2) is 6.82. The Labute approximate surface area is 161 Å². The van der Waals surface area contributed by atoms with E-state index in [0.29, 0.717) is 21.6 Å². The van der Waals surface area contributed by atoms with Crippen molar-refractivity contribution in [2.24, 2.45) is 0 Å². The maximum atomic E-state index is 12.3. The standard InChI is InChI=1S/C19H19Cl2N3O2/c1-11-6-5-9-24-16(11)22-15(12-7-8-13(20)14(21)10-12)17(24)23-18(25)26-19(2,3)4/h5-10H,1-4H3,(H,23,25). The summed E-state index contributed by atoms with van der Waals surface area (Å²) < 4.78 is 7.20. The zero-order chi connectivity index (χ0) is 19.1. The summed E-state index contributed by atoms with van der Waals surface area (Å²) in [5.41, 5.74) is 2.44. The summed E-state index contributed by atoms with van der Waals surface area (Å²) in [7, 11) is 0. The molecule has 0 bridgehead atoms. The fourth-order valence-corrected chi connectivity index (χ4v) is 2.87. The quantitative estimate of drug-likeness (QED) is 0.585. The molecule has 1 amide bonds. The number of hydrogen-bond donors (Lipinski definition) is 1. The molecule has 0 radical (unpaired) electrons. The Morgan fingerprint density at radius 1 is 1.19 bits per heavy atom. The van der Waals surface area contributed by atoms with E-state index in [-0.39, 0.29) is 0 Å². The van der Waals surface area contributed by atoms with Crippen molar-refractivity contribution >= 4 is 40.8 Å². The van der Waals surface area contributed by atoms with Crippen molar-refractivity contribution in [1.82, 2.24) is 9.38 Å². The van der Waals surface area contributed by atoms with Crippen molar-refractivity contribution in [2.75, 3.05) is 5.32 Å². The molecular weight excluding hydrogens is 373 g/mol. The van der Waals surface area contributed by atoms with Crippen LogP contribution >= 0.6 is 23.2 Å². The van der Waals surface area contributed by atoms with Crippen LogP contribution in [0.15, 0.2) is 36.5 Å². The number of rotatable bonds is 2. The molecule has 2 heterocycles. The molecule has 0 saturated heterocycles. The maximum absolute atomic E-state index is 12.3. The fourth-order valence-electron chi connectivity index (χ4n) is 2.57. The lowest BCUT2D eigenvalue weighted by Gasteiger charge is -2.20. The van der Waals surface area contributed by atoms with Gasteiger partial charge in [-0.1, -0.05) is 35.3 Å². The lowest BCUT2D eigenvalue weighted by Crippen LogP contribution is -2.27. The topological polar surface area (TPSA) is 55.6 Å². The van der Waals surface area contributed by atoms with E-state index < -0.39 is 11.7 Å². The number of nitrogens with one attached hydrogen (secondary N) is 1. The van der Waals surface area contributed by atoms with Crippen LogP contribution in [0, 0.1) is 6.92 Å². The van der Waals surface area contributed by atoms with Gasteiger partial charge in [0.2, 0.25) is 0 Å². The van der Waals surface area contributed by atoms with Gasteiger partial charge in [-0.25, -0.2) is 9.78 Å². The van der Waals surface area contributed by atoms with Crippen LogP contribution in [0.4, 0.5) is 10.6 Å². The molecule has 5 nitrogen and oxygen atoms in total. The summed E-state index contributed by atoms with van der Waals surface area (Å²) in [6.07, 6.45) is 1.28. The van der Waals surface area contributed by atoms with E-state index in [4.69, 9.17) is 32.9 Å². The number of fused-ring (bicyclic) bond motifs is 1. The van der Waals surface area contributed by atoms with Gasteiger partial charge in [0.15, 0.2) is 0 Å². The monoisotopic (exact) mass is 391 g/mol. The highest BCUT2D eigenvalue weighted by Gasteiger charge is 2.21. The molecule has 136 valence electrons. The molecule has 0 aliphatic rings. The molecule has 0 spiro atoms. The van der Waals surface area contributed by atoms with Crippen molar-refractivity contribution in [3.63, 3.8) is 0 Å². The fraction of sp³-hybridized carbons (Fsp3) is 0.263. The average molecular weight is 392 g/mol. The van der Waals surface area contributed by atoms with E-state index in [1.807, 2.05) is 56.5 Å². The van der Waals surface area contributed by atoms with Crippen LogP contribution in [0.5, 0.6) is 0 Å². The van der Waals surface area contributed by atoms with Crippen LogP contribution in [-0.2, 0) is 4.74 Å². The number of imidazole rings is 1. The van der Waals surface area contributed by atoms with Crippen LogP contribution in [0.1, 0.15) is 26.3 Å². The van der Waals surface area contributed by atoms with Gasteiger partial charge in [0.1, 0.15) is 22.8 Å². The molecule has 0 aliphatic heterocycles. The molecular formula is C19H19Cl2N3O2.